The van der Waals surface area contributed by atoms with Gasteiger partial charge in [-0.1, -0.05) is 43.9 Å². The molecule has 0 radical (unpaired) electrons. The third kappa shape index (κ3) is 2.44. The quantitative estimate of drug-likeness (QED) is 0.759. The number of rotatable bonds is 2. The molecule has 2 rings (SSSR count). The van der Waals surface area contributed by atoms with Crippen LogP contribution in [0.5, 0.6) is 5.75 Å². The van der Waals surface area contributed by atoms with E-state index in [0.29, 0.717) is 11.6 Å². The Bertz CT molecular complexity index is 406. The molecule has 1 aliphatic rings. The molecule has 0 atom stereocenters. The molecule has 1 nitrogen and oxygen atoms in total. The summed E-state index contributed by atoms with van der Waals surface area (Å²) < 4.78 is 0. The summed E-state index contributed by atoms with van der Waals surface area (Å²) in [6.07, 6.45) is 6.20. The molecule has 94 valence electrons. The summed E-state index contributed by atoms with van der Waals surface area (Å²) in [5.41, 5.74) is 3.30. The SMILES string of the molecule is Cc1cc(CCl)c(O)c(C2(C)CCCCC2)c1. The van der Waals surface area contributed by atoms with Gasteiger partial charge in [0.2, 0.25) is 0 Å². The highest BCUT2D eigenvalue weighted by molar-refractivity contribution is 6.17. The summed E-state index contributed by atoms with van der Waals surface area (Å²) in [5, 5.41) is 10.3. The molecule has 0 unspecified atom stereocenters. The molecule has 1 aliphatic carbocycles. The topological polar surface area (TPSA) is 20.2 Å². The Kier molecular flexibility index (Phi) is 3.67. The molecule has 1 aromatic carbocycles. The van der Waals surface area contributed by atoms with Gasteiger partial charge in [0.05, 0.1) is 5.88 Å². The second-order valence-electron chi connectivity index (χ2n) is 5.58. The van der Waals surface area contributed by atoms with Crippen LogP contribution in [0.25, 0.3) is 0 Å². The molecule has 1 aromatic rings. The van der Waals surface area contributed by atoms with E-state index in [4.69, 9.17) is 11.6 Å². The fraction of sp³-hybridized carbons (Fsp3) is 0.600. The van der Waals surface area contributed by atoms with Gasteiger partial charge >= 0.3 is 0 Å². The van der Waals surface area contributed by atoms with Crippen LogP contribution in [0.2, 0.25) is 0 Å². The van der Waals surface area contributed by atoms with Gasteiger partial charge in [-0.3, -0.25) is 0 Å². The van der Waals surface area contributed by atoms with Crippen LogP contribution in [0, 0.1) is 6.92 Å². The van der Waals surface area contributed by atoms with Crippen LogP contribution >= 0.6 is 11.6 Å². The van der Waals surface area contributed by atoms with E-state index in [1.54, 1.807) is 0 Å². The molecule has 2 heteroatoms. The predicted molar refractivity (Wildman–Crippen MR) is 72.8 cm³/mol. The Morgan fingerprint density at radius 1 is 1.24 bits per heavy atom. The summed E-state index contributed by atoms with van der Waals surface area (Å²) in [7, 11) is 0. The van der Waals surface area contributed by atoms with Crippen LogP contribution in [0.1, 0.15) is 55.7 Å². The first-order valence-electron chi connectivity index (χ1n) is 6.46. The van der Waals surface area contributed by atoms with Crippen molar-refractivity contribution in [2.75, 3.05) is 0 Å². The van der Waals surface area contributed by atoms with E-state index in [1.165, 1.54) is 37.7 Å². The number of halogens is 1. The van der Waals surface area contributed by atoms with Crippen molar-refractivity contribution in [3.8, 4) is 5.75 Å². The standard InChI is InChI=1S/C15H21ClO/c1-11-8-12(10-16)14(17)13(9-11)15(2)6-4-3-5-7-15/h8-9,17H,3-7,10H2,1-2H3. The van der Waals surface area contributed by atoms with Gasteiger partial charge in [-0.25, -0.2) is 0 Å². The summed E-state index contributed by atoms with van der Waals surface area (Å²) in [4.78, 5) is 0. The van der Waals surface area contributed by atoms with Gasteiger partial charge < -0.3 is 5.11 Å². The van der Waals surface area contributed by atoms with Crippen LogP contribution in [0.15, 0.2) is 12.1 Å². The van der Waals surface area contributed by atoms with Gasteiger partial charge in [0.15, 0.2) is 0 Å². The van der Waals surface area contributed by atoms with Gasteiger partial charge in [0.25, 0.3) is 0 Å². The Balaban J connectivity index is 2.46. The number of hydrogen-bond donors (Lipinski definition) is 1. The lowest BCUT2D eigenvalue weighted by Gasteiger charge is -2.35. The van der Waals surface area contributed by atoms with Crippen LogP contribution in [0.4, 0.5) is 0 Å². The lowest BCUT2D eigenvalue weighted by Crippen LogP contribution is -2.25. The number of phenolic OH excluding ortho intramolecular Hbond substituents is 1. The van der Waals surface area contributed by atoms with Crippen LogP contribution < -0.4 is 0 Å². The first-order chi connectivity index (χ1) is 8.07. The van der Waals surface area contributed by atoms with Crippen molar-refractivity contribution in [2.45, 2.75) is 57.2 Å². The van der Waals surface area contributed by atoms with Gasteiger partial charge in [0.1, 0.15) is 5.75 Å². The molecule has 0 amide bonds. The molecule has 1 saturated carbocycles. The van der Waals surface area contributed by atoms with E-state index in [9.17, 15) is 5.11 Å². The van der Waals surface area contributed by atoms with Gasteiger partial charge in [-0.2, -0.15) is 0 Å². The van der Waals surface area contributed by atoms with Crippen molar-refractivity contribution in [3.05, 3.63) is 28.8 Å². The molecular formula is C15H21ClO. The van der Waals surface area contributed by atoms with Crippen LogP contribution in [0.3, 0.4) is 0 Å². The van der Waals surface area contributed by atoms with Gasteiger partial charge in [-0.15, -0.1) is 11.6 Å². The summed E-state index contributed by atoms with van der Waals surface area (Å²) in [6.45, 7) is 4.35. The molecular weight excluding hydrogens is 232 g/mol. The zero-order chi connectivity index (χ0) is 12.5. The minimum Gasteiger partial charge on any atom is -0.507 e. The third-order valence-corrected chi connectivity index (χ3v) is 4.37. The Morgan fingerprint density at radius 3 is 2.47 bits per heavy atom. The van der Waals surface area contributed by atoms with Crippen molar-refractivity contribution in [1.82, 2.24) is 0 Å². The number of benzene rings is 1. The normalized spacial score (nSPS) is 19.2. The molecule has 0 bridgehead atoms. The van der Waals surface area contributed by atoms with E-state index in [2.05, 4.69) is 19.9 Å². The predicted octanol–water partition coefficient (Wildman–Crippen LogP) is 4.66. The first-order valence-corrected chi connectivity index (χ1v) is 6.99. The highest BCUT2D eigenvalue weighted by Crippen LogP contribution is 2.44. The molecule has 0 aromatic heterocycles. The number of phenols is 1. The molecule has 0 aliphatic heterocycles. The van der Waals surface area contributed by atoms with E-state index in [-0.39, 0.29) is 5.41 Å². The Labute approximate surface area is 109 Å². The Morgan fingerprint density at radius 2 is 1.88 bits per heavy atom. The van der Waals surface area contributed by atoms with Crippen molar-refractivity contribution in [3.63, 3.8) is 0 Å². The molecule has 0 heterocycles. The van der Waals surface area contributed by atoms with Crippen molar-refractivity contribution in [1.29, 1.82) is 0 Å². The van der Waals surface area contributed by atoms with Gasteiger partial charge in [-0.05, 0) is 25.2 Å². The average Bonchev–Trinajstić information content (AvgIpc) is 2.32. The van der Waals surface area contributed by atoms with Gasteiger partial charge in [0, 0.05) is 11.1 Å². The molecule has 1 fully saturated rings. The summed E-state index contributed by atoms with van der Waals surface area (Å²) >= 11 is 5.90. The average molecular weight is 253 g/mol. The fourth-order valence-corrected chi connectivity index (χ4v) is 3.22. The number of aromatic hydroxyl groups is 1. The zero-order valence-corrected chi connectivity index (χ0v) is 11.5. The highest BCUT2D eigenvalue weighted by atomic mass is 35.5. The zero-order valence-electron chi connectivity index (χ0n) is 10.7. The van der Waals surface area contributed by atoms with Crippen molar-refractivity contribution < 1.29 is 5.11 Å². The lowest BCUT2D eigenvalue weighted by molar-refractivity contribution is 0.307. The minimum absolute atomic E-state index is 0.134. The van der Waals surface area contributed by atoms with Crippen LogP contribution in [-0.2, 0) is 11.3 Å². The Hall–Kier alpha value is -0.690. The fourth-order valence-electron chi connectivity index (χ4n) is 3.02. The number of alkyl halides is 1. The molecule has 0 saturated heterocycles. The summed E-state index contributed by atoms with van der Waals surface area (Å²) in [6, 6.07) is 4.12. The number of aryl methyl sites for hydroxylation is 1. The van der Waals surface area contributed by atoms with E-state index in [0.717, 1.165) is 11.1 Å². The number of hydrogen-bond acceptors (Lipinski definition) is 1. The second-order valence-corrected chi connectivity index (χ2v) is 5.84. The minimum atomic E-state index is 0.134. The van der Waals surface area contributed by atoms with Crippen molar-refractivity contribution >= 4 is 11.6 Å². The van der Waals surface area contributed by atoms with E-state index in [1.807, 2.05) is 6.07 Å². The third-order valence-electron chi connectivity index (χ3n) is 4.08. The highest BCUT2D eigenvalue weighted by Gasteiger charge is 2.31. The lowest BCUT2D eigenvalue weighted by atomic mass is 9.70. The first kappa shape index (κ1) is 12.8. The molecule has 1 N–H and O–H groups in total. The summed E-state index contributed by atoms with van der Waals surface area (Å²) in [5.74, 6) is 0.811. The maximum Gasteiger partial charge on any atom is 0.123 e. The monoisotopic (exact) mass is 252 g/mol. The maximum absolute atomic E-state index is 10.3. The largest absolute Gasteiger partial charge is 0.507 e. The van der Waals surface area contributed by atoms with E-state index < -0.39 is 0 Å². The van der Waals surface area contributed by atoms with Crippen molar-refractivity contribution in [2.24, 2.45) is 0 Å². The smallest absolute Gasteiger partial charge is 0.123 e. The van der Waals surface area contributed by atoms with E-state index >= 15 is 0 Å². The van der Waals surface area contributed by atoms with Crippen LogP contribution in [-0.4, -0.2) is 5.11 Å². The maximum atomic E-state index is 10.3. The molecule has 0 spiro atoms. The second kappa shape index (κ2) is 4.89. The molecule has 17 heavy (non-hydrogen) atoms.